The van der Waals surface area contributed by atoms with E-state index in [4.69, 9.17) is 0 Å². The molecule has 0 fully saturated rings. The Morgan fingerprint density at radius 2 is 1.84 bits per heavy atom. The maximum absolute atomic E-state index is 13.0. The van der Waals surface area contributed by atoms with E-state index < -0.39 is 10.0 Å². The highest BCUT2D eigenvalue weighted by atomic mass is 32.2. The molecule has 0 aliphatic carbocycles. The van der Waals surface area contributed by atoms with Crippen molar-refractivity contribution in [1.82, 2.24) is 0 Å². The molecule has 0 bridgehead atoms. The highest BCUT2D eigenvalue weighted by Crippen LogP contribution is 2.27. The third-order valence-electron chi connectivity index (χ3n) is 2.72. The third-order valence-corrected chi connectivity index (χ3v) is 5.30. The van der Waals surface area contributed by atoms with Crippen molar-refractivity contribution in [3.05, 3.63) is 45.4 Å². The Morgan fingerprint density at radius 1 is 1.16 bits per heavy atom. The Labute approximate surface area is 116 Å². The van der Waals surface area contributed by atoms with Gasteiger partial charge in [-0.05, 0) is 50.6 Å². The zero-order valence-electron chi connectivity index (χ0n) is 10.8. The highest BCUT2D eigenvalue weighted by Gasteiger charge is 2.19. The minimum absolute atomic E-state index is 0.277. The summed E-state index contributed by atoms with van der Waals surface area (Å²) >= 11 is 1.43. The van der Waals surface area contributed by atoms with Crippen LogP contribution in [0.1, 0.15) is 15.3 Å². The minimum Gasteiger partial charge on any atom is -0.279 e. The van der Waals surface area contributed by atoms with Gasteiger partial charge in [0.2, 0.25) is 0 Å². The summed E-state index contributed by atoms with van der Waals surface area (Å²) in [4.78, 5) is 1.96. The van der Waals surface area contributed by atoms with Gasteiger partial charge in [-0.1, -0.05) is 0 Å². The van der Waals surface area contributed by atoms with E-state index in [0.29, 0.717) is 11.3 Å². The molecule has 1 heterocycles. The lowest BCUT2D eigenvalue weighted by atomic mass is 10.2. The molecule has 0 spiro atoms. The van der Waals surface area contributed by atoms with Gasteiger partial charge < -0.3 is 0 Å². The molecule has 2 aromatic rings. The van der Waals surface area contributed by atoms with Gasteiger partial charge in [-0.15, -0.1) is 11.3 Å². The van der Waals surface area contributed by atoms with Gasteiger partial charge in [-0.2, -0.15) is 0 Å². The van der Waals surface area contributed by atoms with E-state index in [9.17, 15) is 12.8 Å². The molecule has 2 rings (SSSR count). The van der Waals surface area contributed by atoms with Gasteiger partial charge in [-0.3, -0.25) is 4.72 Å². The molecule has 3 nitrogen and oxygen atoms in total. The molecular formula is C13H14FNO2S2. The summed E-state index contributed by atoms with van der Waals surface area (Å²) in [6.45, 7) is 5.29. The summed E-state index contributed by atoms with van der Waals surface area (Å²) in [6.07, 6.45) is 0. The SMILES string of the molecule is Cc1cc(S(=O)(=O)Nc2ccc(F)cc2C)c(C)s1. The van der Waals surface area contributed by atoms with Crippen LogP contribution in [0, 0.1) is 26.6 Å². The predicted molar refractivity (Wildman–Crippen MR) is 75.7 cm³/mol. The number of rotatable bonds is 3. The molecule has 0 amide bonds. The summed E-state index contributed by atoms with van der Waals surface area (Å²) in [5.74, 6) is -0.386. The van der Waals surface area contributed by atoms with Gasteiger partial charge in [0.1, 0.15) is 10.7 Å². The molecule has 0 atom stereocenters. The lowest BCUT2D eigenvalue weighted by Crippen LogP contribution is -2.14. The number of hydrogen-bond donors (Lipinski definition) is 1. The summed E-state index contributed by atoms with van der Waals surface area (Å²) < 4.78 is 40.0. The first-order chi connectivity index (χ1) is 8.79. The Bertz CT molecular complexity index is 720. The van der Waals surface area contributed by atoms with Crippen molar-refractivity contribution in [2.24, 2.45) is 0 Å². The van der Waals surface area contributed by atoms with Crippen LogP contribution in [0.5, 0.6) is 0 Å². The van der Waals surface area contributed by atoms with E-state index in [1.54, 1.807) is 19.9 Å². The number of hydrogen-bond acceptors (Lipinski definition) is 3. The van der Waals surface area contributed by atoms with E-state index in [2.05, 4.69) is 4.72 Å². The minimum atomic E-state index is -3.62. The molecule has 0 saturated heterocycles. The summed E-state index contributed by atoms with van der Waals surface area (Å²) in [7, 11) is -3.62. The van der Waals surface area contributed by atoms with Crippen LogP contribution in [0.25, 0.3) is 0 Å². The molecule has 0 saturated carbocycles. The van der Waals surface area contributed by atoms with Gasteiger partial charge >= 0.3 is 0 Å². The summed E-state index contributed by atoms with van der Waals surface area (Å²) in [5, 5.41) is 0. The van der Waals surface area contributed by atoms with E-state index in [-0.39, 0.29) is 10.7 Å². The average Bonchev–Trinajstić information content (AvgIpc) is 2.63. The zero-order valence-corrected chi connectivity index (χ0v) is 12.5. The van der Waals surface area contributed by atoms with Crippen molar-refractivity contribution in [2.75, 3.05) is 4.72 Å². The predicted octanol–water partition coefficient (Wildman–Crippen LogP) is 3.61. The third kappa shape index (κ3) is 2.96. The second-order valence-corrected chi connectivity index (χ2v) is 7.45. The fraction of sp³-hybridized carbons (Fsp3) is 0.231. The standard InChI is InChI=1S/C13H14FNO2S2/c1-8-6-11(14)4-5-12(8)15-19(16,17)13-7-9(2)18-10(13)3/h4-7,15H,1-3H3. The van der Waals surface area contributed by atoms with Crippen molar-refractivity contribution in [3.63, 3.8) is 0 Å². The Kier molecular flexibility index (Phi) is 3.64. The zero-order chi connectivity index (χ0) is 14.2. The lowest BCUT2D eigenvalue weighted by molar-refractivity contribution is 0.600. The number of nitrogens with one attached hydrogen (secondary N) is 1. The van der Waals surface area contributed by atoms with E-state index >= 15 is 0 Å². The van der Waals surface area contributed by atoms with Gasteiger partial charge in [0.15, 0.2) is 0 Å². The molecule has 0 unspecified atom stereocenters. The first kappa shape index (κ1) is 14.0. The molecule has 0 aliphatic rings. The van der Waals surface area contributed by atoms with Crippen LogP contribution >= 0.6 is 11.3 Å². The fourth-order valence-corrected chi connectivity index (χ4v) is 4.50. The second-order valence-electron chi connectivity index (χ2n) is 4.34. The topological polar surface area (TPSA) is 46.2 Å². The van der Waals surface area contributed by atoms with Gasteiger partial charge in [0, 0.05) is 9.75 Å². The van der Waals surface area contributed by atoms with Crippen molar-refractivity contribution in [3.8, 4) is 0 Å². The van der Waals surface area contributed by atoms with Crippen molar-refractivity contribution in [1.29, 1.82) is 0 Å². The van der Waals surface area contributed by atoms with Crippen LogP contribution in [-0.2, 0) is 10.0 Å². The van der Waals surface area contributed by atoms with E-state index in [0.717, 1.165) is 9.75 Å². The number of halogens is 1. The van der Waals surface area contributed by atoms with Crippen LogP contribution in [0.4, 0.5) is 10.1 Å². The van der Waals surface area contributed by atoms with Crippen molar-refractivity contribution < 1.29 is 12.8 Å². The Hall–Kier alpha value is -1.40. The highest BCUT2D eigenvalue weighted by molar-refractivity contribution is 7.93. The molecular weight excluding hydrogens is 285 g/mol. The fourth-order valence-electron chi connectivity index (χ4n) is 1.82. The van der Waals surface area contributed by atoms with Crippen LogP contribution in [-0.4, -0.2) is 8.42 Å². The van der Waals surface area contributed by atoms with E-state index in [1.807, 2.05) is 6.92 Å². The first-order valence-electron chi connectivity index (χ1n) is 5.65. The number of anilines is 1. The Balaban J connectivity index is 2.39. The average molecular weight is 299 g/mol. The van der Waals surface area contributed by atoms with Gasteiger partial charge in [0.05, 0.1) is 5.69 Å². The van der Waals surface area contributed by atoms with E-state index in [1.165, 1.54) is 29.5 Å². The smallest absolute Gasteiger partial charge is 0.263 e. The van der Waals surface area contributed by atoms with Crippen LogP contribution in [0.15, 0.2) is 29.2 Å². The normalized spacial score (nSPS) is 11.6. The quantitative estimate of drug-likeness (QED) is 0.941. The van der Waals surface area contributed by atoms with Crippen LogP contribution in [0.3, 0.4) is 0 Å². The molecule has 0 aliphatic heterocycles. The summed E-state index contributed by atoms with van der Waals surface area (Å²) in [6, 6.07) is 5.60. The molecule has 19 heavy (non-hydrogen) atoms. The summed E-state index contributed by atoms with van der Waals surface area (Å²) in [5.41, 5.74) is 0.942. The Morgan fingerprint density at radius 3 is 2.37 bits per heavy atom. The molecule has 0 radical (unpaired) electrons. The monoisotopic (exact) mass is 299 g/mol. The molecule has 102 valence electrons. The molecule has 1 aromatic carbocycles. The molecule has 1 aromatic heterocycles. The number of benzene rings is 1. The van der Waals surface area contributed by atoms with Gasteiger partial charge in [0.25, 0.3) is 10.0 Å². The number of thiophene rings is 1. The first-order valence-corrected chi connectivity index (χ1v) is 7.95. The second kappa shape index (κ2) is 4.94. The number of aryl methyl sites for hydroxylation is 3. The largest absolute Gasteiger partial charge is 0.279 e. The lowest BCUT2D eigenvalue weighted by Gasteiger charge is -2.10. The maximum Gasteiger partial charge on any atom is 0.263 e. The molecule has 6 heteroatoms. The van der Waals surface area contributed by atoms with Crippen molar-refractivity contribution in [2.45, 2.75) is 25.7 Å². The maximum atomic E-state index is 13.0. The molecule has 1 N–H and O–H groups in total. The van der Waals surface area contributed by atoms with Crippen LogP contribution in [0.2, 0.25) is 0 Å². The van der Waals surface area contributed by atoms with Crippen LogP contribution < -0.4 is 4.72 Å². The van der Waals surface area contributed by atoms with Gasteiger partial charge in [-0.25, -0.2) is 12.8 Å². The van der Waals surface area contributed by atoms with Crippen molar-refractivity contribution >= 4 is 27.0 Å². The number of sulfonamides is 1.